The molecule has 0 bridgehead atoms. The number of aliphatic hydroxyl groups is 1. The van der Waals surface area contributed by atoms with E-state index in [1.807, 2.05) is 60.7 Å². The van der Waals surface area contributed by atoms with Gasteiger partial charge in [-0.25, -0.2) is 9.69 Å². The molecule has 206 valence electrons. The smallest absolute Gasteiger partial charge is 0.417 e. The fourth-order valence-electron chi connectivity index (χ4n) is 4.87. The number of carbonyl (C=O) groups excluding carboxylic acids is 3. The lowest BCUT2D eigenvalue weighted by Crippen LogP contribution is -2.44. The number of cyclic esters (lactones) is 1. The minimum atomic E-state index is -1.09. The predicted molar refractivity (Wildman–Crippen MR) is 147 cm³/mol. The number of carbonyl (C=O) groups is 3. The van der Waals surface area contributed by atoms with E-state index in [1.165, 1.54) is 6.92 Å². The average molecular weight is 598 g/mol. The standard InChI is InChI=1S/C30H32BrNO7/c1-19-27(22-13-7-4-8-14-22)39-30(36)32(19)29(35)23(17-21-11-5-3-6-12-21)28(37-20(2)34)26-18-24(31)25(38-26)15-9-10-16-33/h3-8,11-14,18-19,23,27-28,33H,9-10,15-17H2,1-2H3/t19-,23+,27-,28-/m0/s1. The van der Waals surface area contributed by atoms with Crippen LogP contribution in [-0.4, -0.2) is 40.6 Å². The molecule has 1 aliphatic heterocycles. The summed E-state index contributed by atoms with van der Waals surface area (Å²) in [4.78, 5) is 40.7. The summed E-state index contributed by atoms with van der Waals surface area (Å²) >= 11 is 3.51. The zero-order chi connectivity index (χ0) is 27.9. The summed E-state index contributed by atoms with van der Waals surface area (Å²) < 4.78 is 18.2. The molecule has 1 aliphatic rings. The number of hydrogen-bond donors (Lipinski definition) is 1. The van der Waals surface area contributed by atoms with Crippen LogP contribution in [-0.2, 0) is 31.9 Å². The lowest BCUT2D eigenvalue weighted by Gasteiger charge is -2.29. The average Bonchev–Trinajstić information content (AvgIpc) is 3.44. The molecule has 0 unspecified atom stereocenters. The maximum atomic E-state index is 14.2. The maximum Gasteiger partial charge on any atom is 0.417 e. The molecular weight excluding hydrogens is 566 g/mol. The zero-order valence-corrected chi connectivity index (χ0v) is 23.5. The van der Waals surface area contributed by atoms with Crippen molar-refractivity contribution in [3.05, 3.63) is 93.9 Å². The Balaban J connectivity index is 1.71. The van der Waals surface area contributed by atoms with Gasteiger partial charge in [0.05, 0.1) is 16.4 Å². The lowest BCUT2D eigenvalue weighted by atomic mass is 9.90. The normalized spacial score (nSPS) is 18.5. The summed E-state index contributed by atoms with van der Waals surface area (Å²) in [5.41, 5.74) is 1.62. The predicted octanol–water partition coefficient (Wildman–Crippen LogP) is 5.93. The Morgan fingerprint density at radius 3 is 2.38 bits per heavy atom. The van der Waals surface area contributed by atoms with E-state index < -0.39 is 42.1 Å². The van der Waals surface area contributed by atoms with E-state index >= 15 is 0 Å². The zero-order valence-electron chi connectivity index (χ0n) is 21.9. The SMILES string of the molecule is CC(=O)O[C@H](c1cc(Br)c(CCCCO)o1)[C@@H](Cc1ccccc1)C(=O)N1C(=O)O[C@H](c2ccccc2)[C@@H]1C. The number of benzene rings is 2. The van der Waals surface area contributed by atoms with Gasteiger partial charge in [0.1, 0.15) is 17.6 Å². The van der Waals surface area contributed by atoms with Crippen LogP contribution in [0.15, 0.2) is 75.6 Å². The Morgan fingerprint density at radius 1 is 1.08 bits per heavy atom. The molecule has 9 heteroatoms. The van der Waals surface area contributed by atoms with E-state index in [-0.39, 0.29) is 13.0 Å². The van der Waals surface area contributed by atoms with Gasteiger partial charge in [-0.1, -0.05) is 60.7 Å². The second-order valence-electron chi connectivity index (χ2n) is 9.59. The molecule has 3 aromatic rings. The van der Waals surface area contributed by atoms with Crippen molar-refractivity contribution in [3.63, 3.8) is 0 Å². The van der Waals surface area contributed by atoms with Gasteiger partial charge in [-0.2, -0.15) is 0 Å². The molecule has 39 heavy (non-hydrogen) atoms. The minimum Gasteiger partial charge on any atom is -0.461 e. The van der Waals surface area contributed by atoms with Crippen LogP contribution in [0.3, 0.4) is 0 Å². The fraction of sp³-hybridized carbons (Fsp3) is 0.367. The highest BCUT2D eigenvalue weighted by Crippen LogP contribution is 2.39. The van der Waals surface area contributed by atoms with Crippen LogP contribution in [0, 0.1) is 5.92 Å². The van der Waals surface area contributed by atoms with Gasteiger partial charge >= 0.3 is 12.1 Å². The number of esters is 1. The van der Waals surface area contributed by atoms with Crippen molar-refractivity contribution < 1.29 is 33.4 Å². The number of imide groups is 1. The molecule has 1 N–H and O–H groups in total. The summed E-state index contributed by atoms with van der Waals surface area (Å²) in [5, 5.41) is 9.14. The third-order valence-electron chi connectivity index (χ3n) is 6.78. The molecule has 4 rings (SSSR count). The number of rotatable bonds is 11. The molecular formula is C30H32BrNO7. The van der Waals surface area contributed by atoms with E-state index in [2.05, 4.69) is 15.9 Å². The fourth-order valence-corrected chi connectivity index (χ4v) is 5.37. The summed E-state index contributed by atoms with van der Waals surface area (Å²) in [7, 11) is 0. The van der Waals surface area contributed by atoms with Crippen LogP contribution >= 0.6 is 15.9 Å². The van der Waals surface area contributed by atoms with Gasteiger partial charge < -0.3 is 19.0 Å². The highest BCUT2D eigenvalue weighted by atomic mass is 79.9. The number of unbranched alkanes of at least 4 members (excludes halogenated alkanes) is 1. The highest BCUT2D eigenvalue weighted by Gasteiger charge is 2.48. The highest BCUT2D eigenvalue weighted by molar-refractivity contribution is 9.10. The molecule has 0 aliphatic carbocycles. The summed E-state index contributed by atoms with van der Waals surface area (Å²) in [6.07, 6.45) is -0.391. The van der Waals surface area contributed by atoms with Gasteiger partial charge in [-0.05, 0) is 59.3 Å². The van der Waals surface area contributed by atoms with Gasteiger partial charge in [0.2, 0.25) is 5.91 Å². The Bertz CT molecular complexity index is 1280. The first kappa shape index (κ1) is 28.6. The number of furan rings is 1. The van der Waals surface area contributed by atoms with Crippen LogP contribution in [0.2, 0.25) is 0 Å². The van der Waals surface area contributed by atoms with Crippen LogP contribution in [0.4, 0.5) is 4.79 Å². The summed E-state index contributed by atoms with van der Waals surface area (Å²) in [6, 6.07) is 19.7. The second kappa shape index (κ2) is 13.1. The van der Waals surface area contributed by atoms with Crippen molar-refractivity contribution in [2.75, 3.05) is 6.61 Å². The van der Waals surface area contributed by atoms with Crippen LogP contribution < -0.4 is 0 Å². The molecule has 0 radical (unpaired) electrons. The van der Waals surface area contributed by atoms with Gasteiger partial charge in [-0.15, -0.1) is 0 Å². The topological polar surface area (TPSA) is 106 Å². The number of hydrogen-bond acceptors (Lipinski definition) is 7. The number of ether oxygens (including phenoxy) is 2. The summed E-state index contributed by atoms with van der Waals surface area (Å²) in [6.45, 7) is 3.11. The first-order valence-corrected chi connectivity index (χ1v) is 13.8. The lowest BCUT2D eigenvalue weighted by molar-refractivity contribution is -0.155. The Hall–Kier alpha value is -3.43. The molecule has 1 aromatic heterocycles. The van der Waals surface area contributed by atoms with Crippen molar-refractivity contribution in [2.45, 2.75) is 57.8 Å². The molecule has 0 saturated carbocycles. The molecule has 4 atom stereocenters. The van der Waals surface area contributed by atoms with E-state index in [0.717, 1.165) is 16.0 Å². The molecule has 1 saturated heterocycles. The monoisotopic (exact) mass is 597 g/mol. The third-order valence-corrected chi connectivity index (χ3v) is 7.45. The van der Waals surface area contributed by atoms with Crippen molar-refractivity contribution in [1.29, 1.82) is 0 Å². The number of amides is 2. The molecule has 0 spiro atoms. The first-order chi connectivity index (χ1) is 18.8. The molecule has 8 nitrogen and oxygen atoms in total. The molecule has 2 heterocycles. The van der Waals surface area contributed by atoms with E-state index in [1.54, 1.807) is 13.0 Å². The van der Waals surface area contributed by atoms with Crippen molar-refractivity contribution in [1.82, 2.24) is 4.90 Å². The Morgan fingerprint density at radius 2 is 1.74 bits per heavy atom. The van der Waals surface area contributed by atoms with Gasteiger partial charge in [0.25, 0.3) is 0 Å². The van der Waals surface area contributed by atoms with Crippen molar-refractivity contribution in [3.8, 4) is 0 Å². The molecule has 2 amide bonds. The largest absolute Gasteiger partial charge is 0.461 e. The second-order valence-corrected chi connectivity index (χ2v) is 10.4. The Labute approximate surface area is 236 Å². The third kappa shape index (κ3) is 6.78. The van der Waals surface area contributed by atoms with E-state index in [0.29, 0.717) is 35.3 Å². The number of nitrogens with zero attached hydrogens (tertiary/aromatic N) is 1. The van der Waals surface area contributed by atoms with E-state index in [9.17, 15) is 14.4 Å². The number of aliphatic hydroxyl groups excluding tert-OH is 1. The minimum absolute atomic E-state index is 0.0724. The van der Waals surface area contributed by atoms with E-state index in [4.69, 9.17) is 19.0 Å². The van der Waals surface area contributed by atoms with Gasteiger partial charge in [-0.3, -0.25) is 9.59 Å². The van der Waals surface area contributed by atoms with Crippen molar-refractivity contribution >= 4 is 33.9 Å². The quantitative estimate of drug-likeness (QED) is 0.216. The number of halogens is 1. The summed E-state index contributed by atoms with van der Waals surface area (Å²) in [5.74, 6) is -1.15. The van der Waals surface area contributed by atoms with Crippen LogP contribution in [0.5, 0.6) is 0 Å². The first-order valence-electron chi connectivity index (χ1n) is 13.0. The maximum absolute atomic E-state index is 14.2. The van der Waals surface area contributed by atoms with Crippen molar-refractivity contribution in [2.24, 2.45) is 5.92 Å². The molecule has 2 aromatic carbocycles. The Kier molecular flexibility index (Phi) is 9.59. The van der Waals surface area contributed by atoms with Crippen LogP contribution in [0.25, 0.3) is 0 Å². The molecule has 1 fully saturated rings. The van der Waals surface area contributed by atoms with Gasteiger partial charge in [0, 0.05) is 20.0 Å². The number of aryl methyl sites for hydroxylation is 1. The van der Waals surface area contributed by atoms with Gasteiger partial charge in [0.15, 0.2) is 6.10 Å². The van der Waals surface area contributed by atoms with Crippen LogP contribution in [0.1, 0.15) is 61.5 Å².